The molecule has 5 rings (SSSR count). The molecule has 9 nitrogen and oxygen atoms in total. The van der Waals surface area contributed by atoms with Crippen molar-refractivity contribution in [2.24, 2.45) is 11.1 Å². The SMILES string of the molecule is Cc1sc(CNC(=O)[C@@H]2C[C@]3(C)CC3(C)N2C(=O)CNC(=O)c2ccc(Oc3ccccc3)cc2)cc1C(=N)N. The summed E-state index contributed by atoms with van der Waals surface area (Å²) in [4.78, 5) is 43.0. The van der Waals surface area contributed by atoms with E-state index in [2.05, 4.69) is 17.6 Å². The number of amidine groups is 1. The number of fused-ring (bicyclic) bond motifs is 1. The van der Waals surface area contributed by atoms with Crippen molar-refractivity contribution in [3.63, 3.8) is 0 Å². The Bertz CT molecular complexity index is 1470. The molecule has 40 heavy (non-hydrogen) atoms. The number of para-hydroxylation sites is 1. The fourth-order valence-electron chi connectivity index (χ4n) is 5.74. The summed E-state index contributed by atoms with van der Waals surface area (Å²) in [5, 5.41) is 13.4. The highest BCUT2D eigenvalue weighted by Gasteiger charge is 2.73. The Morgan fingerprint density at radius 2 is 1.75 bits per heavy atom. The number of thiophene rings is 1. The van der Waals surface area contributed by atoms with Crippen LogP contribution >= 0.6 is 11.3 Å². The molecule has 1 aliphatic carbocycles. The maximum atomic E-state index is 13.4. The van der Waals surface area contributed by atoms with E-state index < -0.39 is 11.6 Å². The Labute approximate surface area is 237 Å². The van der Waals surface area contributed by atoms with Crippen molar-refractivity contribution >= 4 is 34.9 Å². The van der Waals surface area contributed by atoms with Crippen molar-refractivity contribution < 1.29 is 19.1 Å². The van der Waals surface area contributed by atoms with E-state index in [9.17, 15) is 14.4 Å². The highest BCUT2D eigenvalue weighted by Crippen LogP contribution is 2.67. The molecule has 2 heterocycles. The van der Waals surface area contributed by atoms with Gasteiger partial charge in [0.05, 0.1) is 13.1 Å². The zero-order chi connectivity index (χ0) is 28.7. The molecule has 1 aromatic heterocycles. The number of carbonyl (C=O) groups excluding carboxylic acids is 3. The van der Waals surface area contributed by atoms with E-state index in [-0.39, 0.29) is 35.5 Å². The number of piperidine rings is 1. The van der Waals surface area contributed by atoms with Gasteiger partial charge < -0.3 is 26.0 Å². The molecule has 2 aromatic carbocycles. The number of amides is 3. The van der Waals surface area contributed by atoms with E-state index in [4.69, 9.17) is 15.9 Å². The third-order valence-electron chi connectivity index (χ3n) is 8.16. The number of ether oxygens (including phenoxy) is 1. The van der Waals surface area contributed by atoms with Crippen molar-refractivity contribution in [2.75, 3.05) is 6.54 Å². The summed E-state index contributed by atoms with van der Waals surface area (Å²) in [6.07, 6.45) is 1.39. The van der Waals surface area contributed by atoms with Crippen LogP contribution in [0.15, 0.2) is 60.7 Å². The molecule has 5 N–H and O–H groups in total. The van der Waals surface area contributed by atoms with Gasteiger partial charge in [-0.25, -0.2) is 0 Å². The van der Waals surface area contributed by atoms with Crippen LogP contribution in [-0.2, 0) is 16.1 Å². The molecular formula is C30H33N5O4S. The summed E-state index contributed by atoms with van der Waals surface area (Å²) in [6, 6.07) is 17.2. The average molecular weight is 560 g/mol. The average Bonchev–Trinajstić information content (AvgIpc) is 3.17. The first-order chi connectivity index (χ1) is 19.0. The van der Waals surface area contributed by atoms with Crippen molar-refractivity contribution in [3.8, 4) is 11.5 Å². The van der Waals surface area contributed by atoms with Gasteiger partial charge in [0.1, 0.15) is 23.4 Å². The van der Waals surface area contributed by atoms with Crippen LogP contribution in [-0.4, -0.2) is 46.6 Å². The van der Waals surface area contributed by atoms with E-state index in [0.29, 0.717) is 35.6 Å². The van der Waals surface area contributed by atoms with Gasteiger partial charge in [0, 0.05) is 26.4 Å². The molecule has 0 spiro atoms. The summed E-state index contributed by atoms with van der Waals surface area (Å²) < 4.78 is 5.77. The zero-order valence-electron chi connectivity index (χ0n) is 22.7. The van der Waals surface area contributed by atoms with Gasteiger partial charge in [-0.3, -0.25) is 19.8 Å². The Hall–Kier alpha value is -4.18. The quantitative estimate of drug-likeness (QED) is 0.232. The Balaban J connectivity index is 1.19. The van der Waals surface area contributed by atoms with Crippen LogP contribution in [0.4, 0.5) is 0 Å². The van der Waals surface area contributed by atoms with Gasteiger partial charge in [-0.05, 0) is 74.6 Å². The van der Waals surface area contributed by atoms with Crippen LogP contribution in [0.3, 0.4) is 0 Å². The summed E-state index contributed by atoms with van der Waals surface area (Å²) in [6.45, 7) is 6.08. The lowest BCUT2D eigenvalue weighted by molar-refractivity contribution is -0.141. The number of aryl methyl sites for hydroxylation is 1. The predicted molar refractivity (Wildman–Crippen MR) is 154 cm³/mol. The molecule has 0 bridgehead atoms. The molecule has 2 aliphatic rings. The van der Waals surface area contributed by atoms with E-state index in [1.165, 1.54) is 11.3 Å². The monoisotopic (exact) mass is 559 g/mol. The van der Waals surface area contributed by atoms with Crippen LogP contribution in [0, 0.1) is 17.7 Å². The standard InChI is InChI=1S/C30H33N5O4S/c1-18-23(26(31)32)13-22(40-18)15-33-28(38)24-14-29(2)17-30(29,3)35(24)25(36)16-34-27(37)19-9-11-21(12-10-19)39-20-7-5-4-6-8-20/h4-13,24H,14-17H2,1-3H3,(H3,31,32)(H,33,38)(H,34,37)/t24-,29+,30?/m0/s1. The third kappa shape index (κ3) is 5.19. The van der Waals surface area contributed by atoms with Gasteiger partial charge in [0.15, 0.2) is 0 Å². The van der Waals surface area contributed by atoms with Crippen LogP contribution in [0.25, 0.3) is 0 Å². The summed E-state index contributed by atoms with van der Waals surface area (Å²) in [5.74, 6) is 0.407. The van der Waals surface area contributed by atoms with Crippen molar-refractivity contribution in [3.05, 3.63) is 81.5 Å². The second-order valence-corrected chi connectivity index (χ2v) is 12.3. The second-order valence-electron chi connectivity index (χ2n) is 10.9. The summed E-state index contributed by atoms with van der Waals surface area (Å²) in [7, 11) is 0. The number of nitrogen functional groups attached to an aromatic ring is 1. The van der Waals surface area contributed by atoms with E-state index >= 15 is 0 Å². The minimum Gasteiger partial charge on any atom is -0.457 e. The number of benzene rings is 2. The molecule has 1 saturated carbocycles. The zero-order valence-corrected chi connectivity index (χ0v) is 23.6. The molecular weight excluding hydrogens is 526 g/mol. The predicted octanol–water partition coefficient (Wildman–Crippen LogP) is 3.95. The van der Waals surface area contributed by atoms with Crippen molar-refractivity contribution in [1.82, 2.24) is 15.5 Å². The topological polar surface area (TPSA) is 138 Å². The number of hydrogen-bond donors (Lipinski definition) is 4. The molecule has 1 unspecified atom stereocenters. The number of nitrogens with zero attached hydrogens (tertiary/aromatic N) is 1. The molecule has 0 radical (unpaired) electrons. The highest BCUT2D eigenvalue weighted by atomic mass is 32.1. The van der Waals surface area contributed by atoms with Gasteiger partial charge in [-0.2, -0.15) is 0 Å². The van der Waals surface area contributed by atoms with Gasteiger partial charge in [-0.15, -0.1) is 11.3 Å². The minimum atomic E-state index is -0.615. The number of likely N-dealkylation sites (tertiary alicyclic amines) is 1. The van der Waals surface area contributed by atoms with Gasteiger partial charge >= 0.3 is 0 Å². The molecule has 3 atom stereocenters. The van der Waals surface area contributed by atoms with E-state index in [0.717, 1.165) is 16.2 Å². The number of hydrogen-bond acceptors (Lipinski definition) is 6. The second kappa shape index (κ2) is 10.4. The van der Waals surface area contributed by atoms with Crippen LogP contribution in [0.5, 0.6) is 11.5 Å². The fourth-order valence-corrected chi connectivity index (χ4v) is 6.73. The van der Waals surface area contributed by atoms with Crippen LogP contribution in [0.2, 0.25) is 0 Å². The van der Waals surface area contributed by atoms with Crippen LogP contribution in [0.1, 0.15) is 52.4 Å². The molecule has 1 aliphatic heterocycles. The lowest BCUT2D eigenvalue weighted by atomic mass is 10.00. The first-order valence-electron chi connectivity index (χ1n) is 13.2. The third-order valence-corrected chi connectivity index (χ3v) is 9.21. The normalized spacial score (nSPS) is 22.8. The molecule has 3 amide bonds. The number of nitrogens with one attached hydrogen (secondary N) is 3. The molecule has 2 fully saturated rings. The van der Waals surface area contributed by atoms with Crippen LogP contribution < -0.4 is 21.1 Å². The molecule has 10 heteroatoms. The lowest BCUT2D eigenvalue weighted by Gasteiger charge is -2.31. The maximum Gasteiger partial charge on any atom is 0.251 e. The largest absolute Gasteiger partial charge is 0.457 e. The Morgan fingerprint density at radius 3 is 2.40 bits per heavy atom. The van der Waals surface area contributed by atoms with Crippen molar-refractivity contribution in [1.29, 1.82) is 5.41 Å². The number of rotatable bonds is 9. The molecule has 1 saturated heterocycles. The molecule has 208 valence electrons. The van der Waals surface area contributed by atoms with Crippen molar-refractivity contribution in [2.45, 2.75) is 51.7 Å². The lowest BCUT2D eigenvalue weighted by Crippen LogP contribution is -2.53. The van der Waals surface area contributed by atoms with Gasteiger partial charge in [-0.1, -0.05) is 25.1 Å². The Kier molecular flexibility index (Phi) is 7.14. The Morgan fingerprint density at radius 1 is 1.07 bits per heavy atom. The first kappa shape index (κ1) is 27.4. The smallest absolute Gasteiger partial charge is 0.251 e. The fraction of sp³-hybridized carbons (Fsp3) is 0.333. The molecule has 3 aromatic rings. The first-order valence-corrected chi connectivity index (χ1v) is 14.0. The number of carbonyl (C=O) groups is 3. The van der Waals surface area contributed by atoms with E-state index in [1.54, 1.807) is 29.2 Å². The van der Waals surface area contributed by atoms with Gasteiger partial charge in [0.25, 0.3) is 5.91 Å². The minimum absolute atomic E-state index is 0.00154. The summed E-state index contributed by atoms with van der Waals surface area (Å²) >= 11 is 1.48. The van der Waals surface area contributed by atoms with Gasteiger partial charge in [0.2, 0.25) is 11.8 Å². The maximum absolute atomic E-state index is 13.4. The highest BCUT2D eigenvalue weighted by molar-refractivity contribution is 7.12. The van der Waals surface area contributed by atoms with E-state index in [1.807, 2.05) is 50.2 Å². The summed E-state index contributed by atoms with van der Waals surface area (Å²) in [5.41, 5.74) is 6.15. The number of nitrogens with two attached hydrogens (primary N) is 1.